The van der Waals surface area contributed by atoms with Crippen LogP contribution in [-0.4, -0.2) is 47.9 Å². The third-order valence-electron chi connectivity index (χ3n) is 5.84. The molecule has 5 N–H and O–H groups in total. The Bertz CT molecular complexity index is 1140. The van der Waals surface area contributed by atoms with Gasteiger partial charge < -0.3 is 35.9 Å². The maximum Gasteiger partial charge on any atom is 0.407 e. The van der Waals surface area contributed by atoms with Crippen molar-refractivity contribution in [1.29, 1.82) is 0 Å². The van der Waals surface area contributed by atoms with E-state index < -0.39 is 23.4 Å². The highest BCUT2D eigenvalue weighted by atomic mass is 19.1. The Labute approximate surface area is 209 Å². The highest BCUT2D eigenvalue weighted by Gasteiger charge is 2.30. The summed E-state index contributed by atoms with van der Waals surface area (Å²) in [5.74, 6) is -0.352. The van der Waals surface area contributed by atoms with Gasteiger partial charge >= 0.3 is 6.09 Å². The van der Waals surface area contributed by atoms with Crippen LogP contribution in [0.4, 0.5) is 26.5 Å². The molecule has 1 fully saturated rings. The Morgan fingerprint density at radius 1 is 1.06 bits per heavy atom. The van der Waals surface area contributed by atoms with Crippen molar-refractivity contribution in [3.05, 3.63) is 35.6 Å². The Morgan fingerprint density at radius 3 is 2.44 bits per heavy atom. The van der Waals surface area contributed by atoms with Crippen LogP contribution in [0.25, 0.3) is 0 Å². The van der Waals surface area contributed by atoms with E-state index in [9.17, 15) is 9.59 Å². The average Bonchev–Trinajstić information content (AvgIpc) is 2.80. The molecule has 1 aromatic heterocycles. The van der Waals surface area contributed by atoms with Crippen molar-refractivity contribution in [2.45, 2.75) is 64.1 Å². The van der Waals surface area contributed by atoms with Crippen molar-refractivity contribution in [2.75, 3.05) is 23.8 Å². The molecular weight excluding hydrogens is 469 g/mol. The number of aromatic nitrogens is 1. The number of carbonyl (C=O) groups excluding carboxylic acids is 2. The predicted octanol–water partition coefficient (Wildman–Crippen LogP) is 4.08. The molecule has 0 spiro atoms. The summed E-state index contributed by atoms with van der Waals surface area (Å²) in [6.45, 7) is 6.26. The smallest absolute Gasteiger partial charge is 0.407 e. The summed E-state index contributed by atoms with van der Waals surface area (Å²) in [4.78, 5) is 28.7. The van der Waals surface area contributed by atoms with Gasteiger partial charge in [-0.2, -0.15) is 0 Å². The molecule has 0 bridgehead atoms. The predicted molar refractivity (Wildman–Crippen MR) is 132 cm³/mol. The molecule has 10 nitrogen and oxygen atoms in total. The van der Waals surface area contributed by atoms with Crippen LogP contribution >= 0.6 is 0 Å². The fourth-order valence-corrected chi connectivity index (χ4v) is 4.24. The molecule has 2 aromatic rings. The summed E-state index contributed by atoms with van der Waals surface area (Å²) in [6.07, 6.45) is 2.71. The van der Waals surface area contributed by atoms with Crippen LogP contribution in [0.2, 0.25) is 0 Å². The van der Waals surface area contributed by atoms with Gasteiger partial charge in [0.25, 0.3) is 5.91 Å². The van der Waals surface area contributed by atoms with E-state index in [1.54, 1.807) is 39.0 Å². The Balaban J connectivity index is 1.56. The number of alkyl carbamates (subject to hydrolysis) is 1. The third-order valence-corrected chi connectivity index (χ3v) is 5.84. The Morgan fingerprint density at radius 2 is 1.75 bits per heavy atom. The molecule has 4 rings (SSSR count). The topological polar surface area (TPSA) is 137 Å². The molecule has 1 saturated carbocycles. The monoisotopic (exact) mass is 501 g/mol. The highest BCUT2D eigenvalue weighted by molar-refractivity contribution is 5.98. The lowest BCUT2D eigenvalue weighted by Gasteiger charge is -2.34. The minimum Gasteiger partial charge on any atom is -0.486 e. The zero-order valence-electron chi connectivity index (χ0n) is 20.7. The number of benzene rings is 1. The number of nitrogens with two attached hydrogens (primary N) is 1. The molecule has 2 aliphatic rings. The van der Waals surface area contributed by atoms with Crippen molar-refractivity contribution in [1.82, 2.24) is 10.3 Å². The first-order valence-electron chi connectivity index (χ1n) is 12.0. The van der Waals surface area contributed by atoms with Gasteiger partial charge in [0.15, 0.2) is 23.1 Å². The van der Waals surface area contributed by atoms with Crippen molar-refractivity contribution < 1.29 is 28.2 Å². The number of amides is 2. The number of nitrogens with zero attached hydrogens (tertiary/aromatic N) is 1. The summed E-state index contributed by atoms with van der Waals surface area (Å²) in [6, 6.07) is 5.67. The third kappa shape index (κ3) is 6.27. The summed E-state index contributed by atoms with van der Waals surface area (Å²) in [5.41, 5.74) is 5.33. The first-order valence-corrected chi connectivity index (χ1v) is 12.0. The van der Waals surface area contributed by atoms with Crippen LogP contribution in [0.3, 0.4) is 0 Å². The standard InChI is InChI=1S/C25H32FN5O5/c1-25(2,3)36-24(33)30-18-7-5-4-6-17(18)29-23-16(26)13-15(21(27)32)22(31-23)28-14-8-9-19-20(12-14)35-11-10-34-19/h8-9,12-13,17-18H,4-7,10-11H2,1-3H3,(H2,27,32)(H,30,33)(H2,28,29,31)/t17-,18+/m1/s1. The van der Waals surface area contributed by atoms with Gasteiger partial charge in [0.2, 0.25) is 0 Å². The van der Waals surface area contributed by atoms with Crippen molar-refractivity contribution in [3.8, 4) is 11.5 Å². The first-order chi connectivity index (χ1) is 17.1. The van der Waals surface area contributed by atoms with E-state index in [-0.39, 0.29) is 29.3 Å². The number of halogens is 1. The second-order valence-electron chi connectivity index (χ2n) is 9.85. The van der Waals surface area contributed by atoms with Gasteiger partial charge in [-0.15, -0.1) is 0 Å². The lowest BCUT2D eigenvalue weighted by atomic mass is 9.90. The summed E-state index contributed by atoms with van der Waals surface area (Å²) in [7, 11) is 0. The van der Waals surface area contributed by atoms with E-state index in [1.165, 1.54) is 0 Å². The first kappa shape index (κ1) is 25.3. The number of ether oxygens (including phenoxy) is 3. The van der Waals surface area contributed by atoms with Gasteiger partial charge in [-0.25, -0.2) is 14.2 Å². The quantitative estimate of drug-likeness (QED) is 0.465. The van der Waals surface area contributed by atoms with Crippen molar-refractivity contribution >= 4 is 29.3 Å². The minimum absolute atomic E-state index is 0.0528. The van der Waals surface area contributed by atoms with Crippen molar-refractivity contribution in [2.24, 2.45) is 5.73 Å². The molecule has 2 atom stereocenters. The molecule has 1 aromatic carbocycles. The SMILES string of the molecule is CC(C)(C)OC(=O)N[C@H]1CCCC[C@H]1Nc1nc(Nc2ccc3c(c2)OCCO3)c(C(N)=O)cc1F. The Kier molecular flexibility index (Phi) is 7.37. The lowest BCUT2D eigenvalue weighted by molar-refractivity contribution is 0.0488. The summed E-state index contributed by atoms with van der Waals surface area (Å²) < 4.78 is 31.5. The molecule has 2 amide bonds. The van der Waals surface area contributed by atoms with E-state index in [4.69, 9.17) is 19.9 Å². The van der Waals surface area contributed by atoms with Gasteiger partial charge in [-0.3, -0.25) is 4.79 Å². The molecule has 0 unspecified atom stereocenters. The van der Waals surface area contributed by atoms with Gasteiger partial charge in [0.05, 0.1) is 11.6 Å². The van der Waals surface area contributed by atoms with Gasteiger partial charge in [-0.1, -0.05) is 12.8 Å². The Hall–Kier alpha value is -3.76. The van der Waals surface area contributed by atoms with Crippen LogP contribution in [0.15, 0.2) is 24.3 Å². The molecule has 194 valence electrons. The number of anilines is 3. The maximum atomic E-state index is 15.0. The number of primary amides is 1. The summed E-state index contributed by atoms with van der Waals surface area (Å²) >= 11 is 0. The average molecular weight is 502 g/mol. The number of carbonyl (C=O) groups is 2. The number of fused-ring (bicyclic) bond motifs is 1. The molecular formula is C25H32FN5O5. The van der Waals surface area contributed by atoms with Crippen LogP contribution in [0, 0.1) is 5.82 Å². The van der Waals surface area contributed by atoms with Crippen LogP contribution in [0.1, 0.15) is 56.8 Å². The normalized spacial score (nSPS) is 19.2. The zero-order valence-corrected chi connectivity index (χ0v) is 20.7. The van der Waals surface area contributed by atoms with E-state index >= 15 is 4.39 Å². The number of nitrogens with one attached hydrogen (secondary N) is 3. The summed E-state index contributed by atoms with van der Waals surface area (Å²) in [5, 5.41) is 9.04. The number of pyridine rings is 1. The van der Waals surface area contributed by atoms with Crippen LogP contribution in [-0.2, 0) is 4.74 Å². The van der Waals surface area contributed by atoms with E-state index in [0.29, 0.717) is 43.2 Å². The van der Waals surface area contributed by atoms with E-state index in [2.05, 4.69) is 20.9 Å². The second kappa shape index (κ2) is 10.5. The number of hydrogen-bond donors (Lipinski definition) is 4. The highest BCUT2D eigenvalue weighted by Crippen LogP contribution is 2.34. The molecule has 1 aliphatic heterocycles. The fraction of sp³-hybridized carbons (Fsp3) is 0.480. The maximum absolute atomic E-state index is 15.0. The minimum atomic E-state index is -0.824. The molecule has 1 aliphatic carbocycles. The van der Waals surface area contributed by atoms with Crippen LogP contribution < -0.4 is 31.2 Å². The van der Waals surface area contributed by atoms with E-state index in [0.717, 1.165) is 18.9 Å². The molecule has 0 radical (unpaired) electrons. The van der Waals surface area contributed by atoms with Crippen molar-refractivity contribution in [3.63, 3.8) is 0 Å². The van der Waals surface area contributed by atoms with E-state index in [1.807, 2.05) is 0 Å². The molecule has 0 saturated heterocycles. The van der Waals surface area contributed by atoms with Gasteiger partial charge in [0.1, 0.15) is 24.6 Å². The fourth-order valence-electron chi connectivity index (χ4n) is 4.24. The molecule has 11 heteroatoms. The van der Waals surface area contributed by atoms with Gasteiger partial charge in [0, 0.05) is 17.8 Å². The number of rotatable bonds is 6. The molecule has 36 heavy (non-hydrogen) atoms. The second-order valence-corrected chi connectivity index (χ2v) is 9.85. The van der Waals surface area contributed by atoms with Gasteiger partial charge in [-0.05, 0) is 51.8 Å². The largest absolute Gasteiger partial charge is 0.486 e. The number of hydrogen-bond acceptors (Lipinski definition) is 8. The lowest BCUT2D eigenvalue weighted by Crippen LogP contribution is -2.50. The molecule has 2 heterocycles. The van der Waals surface area contributed by atoms with Crippen LogP contribution in [0.5, 0.6) is 11.5 Å². The zero-order chi connectivity index (χ0) is 25.9.